The van der Waals surface area contributed by atoms with Gasteiger partial charge in [-0.25, -0.2) is 0 Å². The summed E-state index contributed by atoms with van der Waals surface area (Å²) in [7, 11) is 1.76. The molecule has 0 saturated heterocycles. The van der Waals surface area contributed by atoms with Crippen molar-refractivity contribution in [3.05, 3.63) is 0 Å². The van der Waals surface area contributed by atoms with Crippen molar-refractivity contribution in [3.63, 3.8) is 0 Å². The van der Waals surface area contributed by atoms with Gasteiger partial charge in [0.25, 0.3) is 0 Å². The molecule has 1 aliphatic carbocycles. The lowest BCUT2D eigenvalue weighted by Crippen LogP contribution is -2.47. The fourth-order valence-corrected chi connectivity index (χ4v) is 2.47. The van der Waals surface area contributed by atoms with Crippen molar-refractivity contribution < 1.29 is 4.74 Å². The zero-order valence-electron chi connectivity index (χ0n) is 9.88. The first-order valence-corrected chi connectivity index (χ1v) is 5.86. The van der Waals surface area contributed by atoms with Crippen LogP contribution < -0.4 is 5.73 Å². The molecule has 84 valence electrons. The Kier molecular flexibility index (Phi) is 4.39. The second-order valence-electron chi connectivity index (χ2n) is 5.13. The first-order valence-electron chi connectivity index (χ1n) is 5.86. The minimum Gasteiger partial charge on any atom is -0.384 e. The molecule has 2 heteroatoms. The van der Waals surface area contributed by atoms with E-state index in [-0.39, 0.29) is 5.54 Å². The molecule has 1 saturated carbocycles. The van der Waals surface area contributed by atoms with E-state index in [1.165, 1.54) is 32.1 Å². The Morgan fingerprint density at radius 2 is 2.14 bits per heavy atom. The summed E-state index contributed by atoms with van der Waals surface area (Å²) in [4.78, 5) is 0. The molecule has 1 aliphatic rings. The summed E-state index contributed by atoms with van der Waals surface area (Å²) in [5.41, 5.74) is 6.50. The first-order chi connectivity index (χ1) is 6.58. The Balaban J connectivity index is 2.53. The lowest BCUT2D eigenvalue weighted by molar-refractivity contribution is 0.107. The molecular weight excluding hydrogens is 174 g/mol. The van der Waals surface area contributed by atoms with Gasteiger partial charge in [0.2, 0.25) is 0 Å². The Labute approximate surface area is 88.2 Å². The topological polar surface area (TPSA) is 35.2 Å². The molecule has 0 bridgehead atoms. The lowest BCUT2D eigenvalue weighted by Gasteiger charge is -2.34. The van der Waals surface area contributed by atoms with Crippen molar-refractivity contribution >= 4 is 0 Å². The molecule has 14 heavy (non-hydrogen) atoms. The van der Waals surface area contributed by atoms with Gasteiger partial charge in [-0.15, -0.1) is 0 Å². The zero-order chi connectivity index (χ0) is 10.6. The molecule has 3 unspecified atom stereocenters. The van der Waals surface area contributed by atoms with Gasteiger partial charge in [0.15, 0.2) is 0 Å². The van der Waals surface area contributed by atoms with E-state index in [2.05, 4.69) is 13.8 Å². The van der Waals surface area contributed by atoms with Gasteiger partial charge in [-0.1, -0.05) is 26.7 Å². The Bertz CT molecular complexity index is 172. The third kappa shape index (κ3) is 2.96. The SMILES string of the molecule is COCC(C)C1(N)CCCC(C)CC1. The highest BCUT2D eigenvalue weighted by Gasteiger charge is 2.33. The summed E-state index contributed by atoms with van der Waals surface area (Å²) in [6.07, 6.45) is 6.25. The number of rotatable bonds is 3. The highest BCUT2D eigenvalue weighted by molar-refractivity contribution is 4.91. The number of hydrogen-bond acceptors (Lipinski definition) is 2. The van der Waals surface area contributed by atoms with Crippen molar-refractivity contribution in [2.75, 3.05) is 13.7 Å². The largest absolute Gasteiger partial charge is 0.384 e. The maximum absolute atomic E-state index is 6.47. The molecule has 0 radical (unpaired) electrons. The summed E-state index contributed by atoms with van der Waals surface area (Å²) in [5.74, 6) is 1.34. The summed E-state index contributed by atoms with van der Waals surface area (Å²) < 4.78 is 5.21. The molecule has 0 aromatic heterocycles. The number of ether oxygens (including phenoxy) is 1. The summed E-state index contributed by atoms with van der Waals surface area (Å²) in [6.45, 7) is 5.36. The molecule has 0 aromatic carbocycles. The molecule has 0 aliphatic heterocycles. The molecule has 0 amide bonds. The van der Waals surface area contributed by atoms with Crippen LogP contribution in [0.25, 0.3) is 0 Å². The minimum absolute atomic E-state index is 0.0285. The monoisotopic (exact) mass is 199 g/mol. The predicted molar refractivity (Wildman–Crippen MR) is 60.2 cm³/mol. The average Bonchev–Trinajstić information content (AvgIpc) is 2.30. The fraction of sp³-hybridized carbons (Fsp3) is 1.00. The molecule has 0 heterocycles. The Morgan fingerprint density at radius 1 is 1.43 bits per heavy atom. The highest BCUT2D eigenvalue weighted by Crippen LogP contribution is 2.33. The first kappa shape index (κ1) is 12.0. The third-order valence-corrected chi connectivity index (χ3v) is 3.84. The van der Waals surface area contributed by atoms with Gasteiger partial charge >= 0.3 is 0 Å². The van der Waals surface area contributed by atoms with Crippen LogP contribution >= 0.6 is 0 Å². The van der Waals surface area contributed by atoms with Crippen LogP contribution in [-0.2, 0) is 4.74 Å². The summed E-state index contributed by atoms with van der Waals surface area (Å²) in [6, 6.07) is 0. The number of nitrogens with two attached hydrogens (primary N) is 1. The van der Waals surface area contributed by atoms with E-state index in [4.69, 9.17) is 10.5 Å². The van der Waals surface area contributed by atoms with Crippen molar-refractivity contribution in [2.45, 2.75) is 51.5 Å². The molecule has 3 atom stereocenters. The van der Waals surface area contributed by atoms with Crippen LogP contribution in [-0.4, -0.2) is 19.3 Å². The fourth-order valence-electron chi connectivity index (χ4n) is 2.47. The molecule has 2 nitrogen and oxygen atoms in total. The number of hydrogen-bond donors (Lipinski definition) is 1. The Morgan fingerprint density at radius 3 is 2.79 bits per heavy atom. The van der Waals surface area contributed by atoms with E-state index in [1.54, 1.807) is 7.11 Å². The van der Waals surface area contributed by atoms with Crippen molar-refractivity contribution in [3.8, 4) is 0 Å². The van der Waals surface area contributed by atoms with Crippen LogP contribution in [0.3, 0.4) is 0 Å². The predicted octanol–water partition coefficient (Wildman–Crippen LogP) is 2.57. The Hall–Kier alpha value is -0.0800. The van der Waals surface area contributed by atoms with E-state index in [9.17, 15) is 0 Å². The molecule has 0 spiro atoms. The highest BCUT2D eigenvalue weighted by atomic mass is 16.5. The molecule has 2 N–H and O–H groups in total. The molecule has 1 fully saturated rings. The minimum atomic E-state index is 0.0285. The number of methoxy groups -OCH3 is 1. The van der Waals surface area contributed by atoms with E-state index in [0.29, 0.717) is 5.92 Å². The van der Waals surface area contributed by atoms with Crippen molar-refractivity contribution in [1.29, 1.82) is 0 Å². The van der Waals surface area contributed by atoms with Crippen LogP contribution in [0.1, 0.15) is 46.0 Å². The van der Waals surface area contributed by atoms with Crippen LogP contribution in [0, 0.1) is 11.8 Å². The summed E-state index contributed by atoms with van der Waals surface area (Å²) >= 11 is 0. The van der Waals surface area contributed by atoms with Gasteiger partial charge in [-0.3, -0.25) is 0 Å². The lowest BCUT2D eigenvalue weighted by atomic mass is 9.80. The van der Waals surface area contributed by atoms with Crippen molar-refractivity contribution in [2.24, 2.45) is 17.6 Å². The molecule has 1 rings (SSSR count). The van der Waals surface area contributed by atoms with Gasteiger partial charge in [0.1, 0.15) is 0 Å². The van der Waals surface area contributed by atoms with E-state index >= 15 is 0 Å². The van der Waals surface area contributed by atoms with Crippen LogP contribution in [0.5, 0.6) is 0 Å². The maximum atomic E-state index is 6.47. The molecular formula is C12H25NO. The van der Waals surface area contributed by atoms with Crippen LogP contribution in [0.2, 0.25) is 0 Å². The van der Waals surface area contributed by atoms with E-state index in [0.717, 1.165) is 12.5 Å². The van der Waals surface area contributed by atoms with Crippen molar-refractivity contribution in [1.82, 2.24) is 0 Å². The molecule has 0 aromatic rings. The van der Waals surface area contributed by atoms with Gasteiger partial charge < -0.3 is 10.5 Å². The standard InChI is InChI=1S/C12H25NO/c1-10-5-4-7-12(13,8-6-10)11(2)9-14-3/h10-11H,4-9,13H2,1-3H3. The van der Waals surface area contributed by atoms with Crippen LogP contribution in [0.4, 0.5) is 0 Å². The summed E-state index contributed by atoms with van der Waals surface area (Å²) in [5, 5.41) is 0. The average molecular weight is 199 g/mol. The van der Waals surface area contributed by atoms with E-state index in [1.807, 2.05) is 0 Å². The van der Waals surface area contributed by atoms with Gasteiger partial charge in [-0.05, 0) is 31.1 Å². The normalized spacial score (nSPS) is 36.4. The smallest absolute Gasteiger partial charge is 0.0505 e. The van der Waals surface area contributed by atoms with Crippen LogP contribution in [0.15, 0.2) is 0 Å². The second kappa shape index (κ2) is 5.13. The maximum Gasteiger partial charge on any atom is 0.0505 e. The van der Waals surface area contributed by atoms with E-state index < -0.39 is 0 Å². The quantitative estimate of drug-likeness (QED) is 0.709. The van der Waals surface area contributed by atoms with Gasteiger partial charge in [0.05, 0.1) is 6.61 Å². The second-order valence-corrected chi connectivity index (χ2v) is 5.13. The zero-order valence-corrected chi connectivity index (χ0v) is 9.88. The van der Waals surface area contributed by atoms with Gasteiger partial charge in [-0.2, -0.15) is 0 Å². The van der Waals surface area contributed by atoms with Gasteiger partial charge in [0, 0.05) is 12.6 Å². The third-order valence-electron chi connectivity index (χ3n) is 3.84.